The van der Waals surface area contributed by atoms with E-state index in [9.17, 15) is 29.9 Å². The number of benzene rings is 1. The number of ether oxygens (including phenoxy) is 1. The second-order valence-corrected chi connectivity index (χ2v) is 6.56. The third kappa shape index (κ3) is 6.30. The van der Waals surface area contributed by atoms with Crippen molar-refractivity contribution in [3.63, 3.8) is 0 Å². The van der Waals surface area contributed by atoms with Crippen LogP contribution in [0, 0.1) is 10.1 Å². The lowest BCUT2D eigenvalue weighted by Crippen LogP contribution is -2.34. The predicted octanol–water partition coefficient (Wildman–Crippen LogP) is 1.60. The van der Waals surface area contributed by atoms with Crippen LogP contribution in [-0.4, -0.2) is 50.6 Å². The Labute approximate surface area is 149 Å². The van der Waals surface area contributed by atoms with Gasteiger partial charge in [0.1, 0.15) is 11.7 Å². The van der Waals surface area contributed by atoms with Crippen LogP contribution in [0.15, 0.2) is 18.2 Å². The van der Waals surface area contributed by atoms with Crippen molar-refractivity contribution >= 4 is 17.7 Å². The van der Waals surface area contributed by atoms with Crippen LogP contribution in [-0.2, 0) is 4.74 Å². The van der Waals surface area contributed by atoms with E-state index in [1.807, 2.05) is 0 Å². The molecule has 0 aliphatic rings. The van der Waals surface area contributed by atoms with Crippen LogP contribution in [0.3, 0.4) is 0 Å². The van der Waals surface area contributed by atoms with E-state index < -0.39 is 40.5 Å². The lowest BCUT2D eigenvalue weighted by atomic mass is 9.96. The Morgan fingerprint density at radius 1 is 1.31 bits per heavy atom. The predicted molar refractivity (Wildman–Crippen MR) is 89.9 cm³/mol. The summed E-state index contributed by atoms with van der Waals surface area (Å²) in [7, 11) is 0. The Morgan fingerprint density at radius 3 is 2.42 bits per heavy atom. The van der Waals surface area contributed by atoms with Gasteiger partial charge in [-0.1, -0.05) is 0 Å². The van der Waals surface area contributed by atoms with Gasteiger partial charge in [0.05, 0.1) is 16.6 Å². The number of rotatable bonds is 7. The molecule has 1 aromatic rings. The van der Waals surface area contributed by atoms with E-state index in [-0.39, 0.29) is 24.1 Å². The highest BCUT2D eigenvalue weighted by Gasteiger charge is 2.26. The summed E-state index contributed by atoms with van der Waals surface area (Å²) in [4.78, 5) is 32.8. The van der Waals surface area contributed by atoms with Crippen molar-refractivity contribution in [3.05, 3.63) is 39.4 Å². The smallest absolute Gasteiger partial charge is 0.407 e. The zero-order valence-corrected chi connectivity index (χ0v) is 14.6. The maximum absolute atomic E-state index is 11.5. The lowest BCUT2D eigenvalue weighted by molar-refractivity contribution is -0.385. The Balaban J connectivity index is 2.80. The molecule has 0 spiro atoms. The van der Waals surface area contributed by atoms with Crippen LogP contribution < -0.4 is 5.32 Å². The largest absolute Gasteiger partial charge is 0.478 e. The number of carboxylic acids is 1. The first-order chi connectivity index (χ1) is 11.9. The third-order valence-corrected chi connectivity index (χ3v) is 3.27. The molecule has 10 heteroatoms. The quantitative estimate of drug-likeness (QED) is 0.416. The van der Waals surface area contributed by atoms with Gasteiger partial charge in [-0.3, -0.25) is 10.1 Å². The monoisotopic (exact) mass is 370 g/mol. The fourth-order valence-corrected chi connectivity index (χ4v) is 2.10. The van der Waals surface area contributed by atoms with Crippen molar-refractivity contribution in [3.8, 4) is 0 Å². The molecule has 0 saturated heterocycles. The Hall–Kier alpha value is -2.72. The molecule has 0 heterocycles. The number of aliphatic hydroxyl groups excluding tert-OH is 2. The number of nitro benzene ring substituents is 1. The number of hydrogen-bond acceptors (Lipinski definition) is 7. The van der Waals surface area contributed by atoms with E-state index in [0.717, 1.165) is 18.2 Å². The SMILES string of the molecule is CC(C)(C)OC(=O)NCCC(O)C(O)c1cc([N+](=O)[O-])ccc1C(=O)O. The van der Waals surface area contributed by atoms with Crippen LogP contribution >= 0.6 is 0 Å². The number of amides is 1. The van der Waals surface area contributed by atoms with Gasteiger partial charge in [-0.05, 0) is 33.3 Å². The molecule has 144 valence electrons. The third-order valence-electron chi connectivity index (χ3n) is 3.27. The summed E-state index contributed by atoms with van der Waals surface area (Å²) in [5.74, 6) is -1.40. The van der Waals surface area contributed by atoms with E-state index in [0.29, 0.717) is 0 Å². The standard InChI is InChI=1S/C16H22N2O8/c1-16(2,3)26-15(23)17-7-6-12(19)13(20)11-8-9(18(24)25)4-5-10(11)14(21)22/h4-5,8,12-13,19-20H,6-7H2,1-3H3,(H,17,23)(H,21,22). The molecule has 4 N–H and O–H groups in total. The Bertz CT molecular complexity index is 683. The molecular weight excluding hydrogens is 348 g/mol. The average Bonchev–Trinajstić information content (AvgIpc) is 2.51. The van der Waals surface area contributed by atoms with E-state index >= 15 is 0 Å². The number of hydrogen-bond donors (Lipinski definition) is 4. The molecule has 0 aliphatic heterocycles. The molecule has 2 atom stereocenters. The number of aromatic carboxylic acids is 1. The zero-order chi connectivity index (χ0) is 20.1. The number of carboxylic acid groups (broad SMARTS) is 1. The molecule has 10 nitrogen and oxygen atoms in total. The number of nitro groups is 1. The summed E-state index contributed by atoms with van der Waals surface area (Å²) >= 11 is 0. The van der Waals surface area contributed by atoms with Gasteiger partial charge in [0.25, 0.3) is 5.69 Å². The van der Waals surface area contributed by atoms with Gasteiger partial charge in [0.2, 0.25) is 0 Å². The van der Waals surface area contributed by atoms with Gasteiger partial charge in [-0.25, -0.2) is 9.59 Å². The van der Waals surface area contributed by atoms with Crippen LogP contribution in [0.4, 0.5) is 10.5 Å². The first-order valence-electron chi connectivity index (χ1n) is 7.77. The summed E-state index contributed by atoms with van der Waals surface area (Å²) in [6.07, 6.45) is -3.96. The maximum Gasteiger partial charge on any atom is 0.407 e. The molecule has 1 amide bonds. The Kier molecular flexibility index (Phi) is 7.04. The molecule has 1 aromatic carbocycles. The summed E-state index contributed by atoms with van der Waals surface area (Å²) < 4.78 is 5.01. The molecule has 0 bridgehead atoms. The highest BCUT2D eigenvalue weighted by Crippen LogP contribution is 2.27. The second-order valence-electron chi connectivity index (χ2n) is 6.56. The normalized spacial score (nSPS) is 13.6. The van der Waals surface area contributed by atoms with Gasteiger partial charge in [0, 0.05) is 24.2 Å². The fourth-order valence-electron chi connectivity index (χ4n) is 2.10. The highest BCUT2D eigenvalue weighted by atomic mass is 16.6. The van der Waals surface area contributed by atoms with E-state index in [1.54, 1.807) is 20.8 Å². The number of carbonyl (C=O) groups is 2. The minimum Gasteiger partial charge on any atom is -0.478 e. The van der Waals surface area contributed by atoms with Crippen molar-refractivity contribution in [1.29, 1.82) is 0 Å². The zero-order valence-electron chi connectivity index (χ0n) is 14.6. The van der Waals surface area contributed by atoms with Crippen molar-refractivity contribution < 1.29 is 34.6 Å². The summed E-state index contributed by atoms with van der Waals surface area (Å²) in [6, 6.07) is 2.89. The van der Waals surface area contributed by atoms with E-state index in [2.05, 4.69) is 5.32 Å². The lowest BCUT2D eigenvalue weighted by Gasteiger charge is -2.21. The first-order valence-corrected chi connectivity index (χ1v) is 7.77. The van der Waals surface area contributed by atoms with Crippen LogP contribution in [0.1, 0.15) is 49.2 Å². The van der Waals surface area contributed by atoms with E-state index in [4.69, 9.17) is 9.84 Å². The minimum atomic E-state index is -1.68. The number of carbonyl (C=O) groups excluding carboxylic acids is 1. The Morgan fingerprint density at radius 2 is 1.92 bits per heavy atom. The molecule has 1 rings (SSSR count). The molecule has 0 radical (unpaired) electrons. The minimum absolute atomic E-state index is 0.0511. The number of aliphatic hydroxyl groups is 2. The van der Waals surface area contributed by atoms with Gasteiger partial charge in [-0.15, -0.1) is 0 Å². The van der Waals surface area contributed by atoms with E-state index in [1.165, 1.54) is 0 Å². The highest BCUT2D eigenvalue weighted by molar-refractivity contribution is 5.90. The van der Waals surface area contributed by atoms with Gasteiger partial charge in [0.15, 0.2) is 0 Å². The first kappa shape index (κ1) is 21.3. The van der Waals surface area contributed by atoms with Crippen LogP contribution in [0.25, 0.3) is 0 Å². The van der Waals surface area contributed by atoms with Gasteiger partial charge >= 0.3 is 12.1 Å². The van der Waals surface area contributed by atoms with Crippen LogP contribution in [0.2, 0.25) is 0 Å². The molecule has 0 fully saturated rings. The topological polar surface area (TPSA) is 159 Å². The molecular formula is C16H22N2O8. The maximum atomic E-state index is 11.5. The number of non-ortho nitro benzene ring substituents is 1. The van der Waals surface area contributed by atoms with Crippen molar-refractivity contribution in [2.75, 3.05) is 6.54 Å². The van der Waals surface area contributed by atoms with Crippen LogP contribution in [0.5, 0.6) is 0 Å². The summed E-state index contributed by atoms with van der Waals surface area (Å²) in [5.41, 5.74) is -1.75. The fraction of sp³-hybridized carbons (Fsp3) is 0.500. The van der Waals surface area contributed by atoms with Crippen molar-refractivity contribution in [2.24, 2.45) is 0 Å². The van der Waals surface area contributed by atoms with Gasteiger partial charge in [-0.2, -0.15) is 0 Å². The molecule has 0 aliphatic carbocycles. The summed E-state index contributed by atoms with van der Waals surface area (Å²) in [6.45, 7) is 4.99. The molecule has 0 aromatic heterocycles. The number of nitrogens with zero attached hydrogens (tertiary/aromatic N) is 1. The summed E-state index contributed by atoms with van der Waals surface area (Å²) in [5, 5.41) is 42.6. The average molecular weight is 370 g/mol. The number of alkyl carbamates (subject to hydrolysis) is 1. The molecule has 2 unspecified atom stereocenters. The van der Waals surface area contributed by atoms with Crippen molar-refractivity contribution in [1.82, 2.24) is 5.32 Å². The molecule has 0 saturated carbocycles. The van der Waals surface area contributed by atoms with Gasteiger partial charge < -0.3 is 25.4 Å². The number of nitrogens with one attached hydrogen (secondary N) is 1. The second kappa shape index (κ2) is 8.59. The van der Waals surface area contributed by atoms with Crippen molar-refractivity contribution in [2.45, 2.75) is 45.0 Å². The molecule has 26 heavy (non-hydrogen) atoms.